The number of hydrogen-bond donors (Lipinski definition) is 3. The maximum atomic E-state index is 13.3. The first-order chi connectivity index (χ1) is 25.2. The number of amides is 2. The molecular weight excluding hydrogens is 707 g/mol. The highest BCUT2D eigenvalue weighted by Crippen LogP contribution is 2.40. The number of nitrogen functional groups attached to an aromatic ring is 1. The van der Waals surface area contributed by atoms with Gasteiger partial charge in [0.25, 0.3) is 11.8 Å². The monoisotopic (exact) mass is 758 g/mol. The Morgan fingerprint density at radius 3 is 2.35 bits per heavy atom. The summed E-state index contributed by atoms with van der Waals surface area (Å²) in [4.78, 5) is 61.4. The van der Waals surface area contributed by atoms with Crippen LogP contribution in [-0.2, 0) is 41.9 Å². The van der Waals surface area contributed by atoms with Crippen LogP contribution >= 0.6 is 23.3 Å². The maximum Gasteiger partial charge on any atom is 0.352 e. The van der Waals surface area contributed by atoms with Crippen LogP contribution in [0.3, 0.4) is 0 Å². The highest BCUT2D eigenvalue weighted by molar-refractivity contribution is 8.00. The molecule has 1 saturated heterocycles. The fraction of sp³-hybridized carbons (Fsp3) is 0.611. The van der Waals surface area contributed by atoms with E-state index in [1.165, 1.54) is 80.9 Å². The van der Waals surface area contributed by atoms with Crippen LogP contribution in [0.4, 0.5) is 5.13 Å². The van der Waals surface area contributed by atoms with Gasteiger partial charge in [-0.25, -0.2) is 9.36 Å². The molecule has 52 heavy (non-hydrogen) atoms. The maximum absolute atomic E-state index is 13.3. The van der Waals surface area contributed by atoms with Crippen molar-refractivity contribution in [2.24, 2.45) is 5.16 Å². The molecule has 2 aliphatic rings. The van der Waals surface area contributed by atoms with Crippen molar-refractivity contribution < 1.29 is 38.4 Å². The molecule has 0 saturated carbocycles. The Balaban J connectivity index is 1.21. The van der Waals surface area contributed by atoms with Crippen LogP contribution in [-0.4, -0.2) is 72.6 Å². The Kier molecular flexibility index (Phi) is 16.8. The average molecular weight is 759 g/mol. The van der Waals surface area contributed by atoms with Crippen LogP contribution in [0, 0.1) is 0 Å². The van der Waals surface area contributed by atoms with Crippen LogP contribution in [0.15, 0.2) is 41.0 Å². The minimum absolute atomic E-state index is 0.0365. The number of aromatic nitrogens is 3. The van der Waals surface area contributed by atoms with E-state index in [1.807, 2.05) is 12.1 Å². The van der Waals surface area contributed by atoms with Gasteiger partial charge in [-0.15, -0.1) is 11.8 Å². The number of thioether (sulfide) groups is 1. The number of β-lactam (4-membered cyclic amide) rings is 1. The van der Waals surface area contributed by atoms with Gasteiger partial charge < -0.3 is 25.7 Å². The van der Waals surface area contributed by atoms with Gasteiger partial charge in [0.2, 0.25) is 11.5 Å². The van der Waals surface area contributed by atoms with E-state index in [-0.39, 0.29) is 48.1 Å². The van der Waals surface area contributed by atoms with Gasteiger partial charge in [0.05, 0.1) is 5.56 Å². The van der Waals surface area contributed by atoms with Gasteiger partial charge in [-0.3, -0.25) is 19.3 Å². The van der Waals surface area contributed by atoms with Crippen molar-refractivity contribution >= 4 is 57.9 Å². The normalized spacial score (nSPS) is 17.1. The average Bonchev–Trinajstić information content (AvgIpc) is 3.57. The van der Waals surface area contributed by atoms with Crippen LogP contribution in [0.1, 0.15) is 115 Å². The molecule has 2 aliphatic heterocycles. The number of esters is 1. The van der Waals surface area contributed by atoms with Gasteiger partial charge in [0.1, 0.15) is 30.3 Å². The zero-order chi connectivity index (χ0) is 37.3. The number of aliphatic carboxylic acids is 1. The van der Waals surface area contributed by atoms with E-state index in [1.54, 1.807) is 23.9 Å². The molecule has 0 bridgehead atoms. The summed E-state index contributed by atoms with van der Waals surface area (Å²) < 4.78 is 11.3. The fourth-order valence-electron chi connectivity index (χ4n) is 6.16. The summed E-state index contributed by atoms with van der Waals surface area (Å²) in [7, 11) is 0. The molecule has 4 heterocycles. The molecule has 1 fully saturated rings. The number of ether oxygens (including phenoxy) is 1. The highest BCUT2D eigenvalue weighted by atomic mass is 32.2. The number of carboxylic acids is 1. The lowest BCUT2D eigenvalue weighted by molar-refractivity contribution is -0.689. The second kappa shape index (κ2) is 21.5. The number of carbonyl (C=O) groups is 4. The predicted molar refractivity (Wildman–Crippen MR) is 199 cm³/mol. The summed E-state index contributed by atoms with van der Waals surface area (Å²) in [5.41, 5.74) is 6.61. The SMILES string of the molecule is CCCCCCCCCCCCCCCC(=O)OCc1ccc[n+](CC2=C(C(=O)O)N3C(=O)C(NC(=O)C(=NOCC)c4nsc(N)n4)[C@@H]3SC2)c1. The zero-order valence-electron chi connectivity index (χ0n) is 30.2. The Hall–Kier alpha value is -4.05. The Bertz CT molecular complexity index is 1580. The first kappa shape index (κ1) is 40.7. The van der Waals surface area contributed by atoms with Crippen molar-refractivity contribution in [3.8, 4) is 0 Å². The third-order valence-corrected chi connectivity index (χ3v) is 10.7. The summed E-state index contributed by atoms with van der Waals surface area (Å²) in [5, 5.41) is 16.1. The molecule has 284 valence electrons. The lowest BCUT2D eigenvalue weighted by atomic mass is 10.0. The minimum atomic E-state index is -1.24. The molecule has 16 heteroatoms. The van der Waals surface area contributed by atoms with E-state index in [2.05, 4.69) is 26.8 Å². The van der Waals surface area contributed by atoms with Gasteiger partial charge in [-0.1, -0.05) is 89.1 Å². The number of rotatable bonds is 24. The van der Waals surface area contributed by atoms with Crippen molar-refractivity contribution in [3.05, 3.63) is 47.2 Å². The number of nitrogens with two attached hydrogens (primary N) is 1. The molecule has 2 atom stereocenters. The van der Waals surface area contributed by atoms with E-state index in [9.17, 15) is 24.3 Å². The smallest absolute Gasteiger partial charge is 0.352 e. The second-order valence-electron chi connectivity index (χ2n) is 13.0. The molecule has 0 aromatic carbocycles. The summed E-state index contributed by atoms with van der Waals surface area (Å²) in [6.07, 6.45) is 20.2. The van der Waals surface area contributed by atoms with E-state index >= 15 is 0 Å². The first-order valence-electron chi connectivity index (χ1n) is 18.4. The van der Waals surface area contributed by atoms with Crippen LogP contribution < -0.4 is 15.6 Å². The molecule has 4 rings (SSSR count). The number of anilines is 1. The molecule has 0 radical (unpaired) electrons. The van der Waals surface area contributed by atoms with Crippen LogP contribution in [0.5, 0.6) is 0 Å². The number of nitrogens with one attached hydrogen (secondary N) is 1. The van der Waals surface area contributed by atoms with Gasteiger partial charge in [-0.05, 0) is 19.4 Å². The number of nitrogens with zero attached hydrogens (tertiary/aromatic N) is 5. The van der Waals surface area contributed by atoms with E-state index in [0.717, 1.165) is 36.4 Å². The Labute approximate surface area is 313 Å². The molecule has 14 nitrogen and oxygen atoms in total. The van der Waals surface area contributed by atoms with E-state index in [0.29, 0.717) is 17.7 Å². The van der Waals surface area contributed by atoms with E-state index < -0.39 is 29.2 Å². The minimum Gasteiger partial charge on any atom is -0.477 e. The number of fused-ring (bicyclic) bond motifs is 1. The summed E-state index contributed by atoms with van der Waals surface area (Å²) >= 11 is 2.23. The largest absolute Gasteiger partial charge is 0.477 e. The topological polar surface area (TPSA) is 190 Å². The van der Waals surface area contributed by atoms with E-state index in [4.69, 9.17) is 15.3 Å². The number of carboxylic acid groups (broad SMARTS) is 1. The predicted octanol–water partition coefficient (Wildman–Crippen LogP) is 5.11. The Morgan fingerprint density at radius 2 is 1.73 bits per heavy atom. The number of hydrogen-bond acceptors (Lipinski definition) is 12. The van der Waals surface area contributed by atoms with Crippen molar-refractivity contribution in [1.29, 1.82) is 0 Å². The van der Waals surface area contributed by atoms with Crippen molar-refractivity contribution in [3.63, 3.8) is 0 Å². The zero-order valence-corrected chi connectivity index (χ0v) is 31.9. The molecule has 4 N–H and O–H groups in total. The van der Waals surface area contributed by atoms with Gasteiger partial charge in [0.15, 0.2) is 24.1 Å². The molecule has 2 aromatic heterocycles. The molecular formula is C36H52N7O7S2+. The quantitative estimate of drug-likeness (QED) is 0.0322. The molecule has 2 amide bonds. The lowest BCUT2D eigenvalue weighted by Crippen LogP contribution is -2.71. The lowest BCUT2D eigenvalue weighted by Gasteiger charge is -2.49. The van der Waals surface area contributed by atoms with Gasteiger partial charge >= 0.3 is 11.9 Å². The summed E-state index contributed by atoms with van der Waals surface area (Å²) in [6, 6.07) is 2.67. The van der Waals surface area contributed by atoms with Crippen LogP contribution in [0.2, 0.25) is 0 Å². The number of pyridine rings is 1. The third kappa shape index (κ3) is 12.0. The third-order valence-electron chi connectivity index (χ3n) is 8.87. The second-order valence-corrected chi connectivity index (χ2v) is 14.9. The first-order valence-corrected chi connectivity index (χ1v) is 20.2. The molecule has 1 unspecified atom stereocenters. The van der Waals surface area contributed by atoms with Crippen molar-refractivity contribution in [1.82, 2.24) is 19.6 Å². The van der Waals surface area contributed by atoms with Gasteiger partial charge in [0, 0.05) is 35.3 Å². The number of carbonyl (C=O) groups excluding carboxylic acids is 3. The number of oxime groups is 1. The van der Waals surface area contributed by atoms with Crippen molar-refractivity contribution in [2.75, 3.05) is 18.1 Å². The summed E-state index contributed by atoms with van der Waals surface area (Å²) in [5.74, 6) is -2.49. The Morgan fingerprint density at radius 1 is 1.06 bits per heavy atom. The summed E-state index contributed by atoms with van der Waals surface area (Å²) in [6.45, 7) is 4.45. The van der Waals surface area contributed by atoms with Crippen molar-refractivity contribution in [2.45, 2.75) is 128 Å². The highest BCUT2D eigenvalue weighted by Gasteiger charge is 2.55. The molecule has 0 spiro atoms. The fourth-order valence-corrected chi connectivity index (χ4v) is 7.93. The number of unbranched alkanes of at least 4 members (excludes halogenated alkanes) is 12. The molecule has 2 aromatic rings. The molecule has 0 aliphatic carbocycles. The standard InChI is InChI=1S/C36H51N7O7S2/c1-3-5-6-7-8-9-10-11-12-13-14-15-16-19-27(44)49-23-25-18-17-20-42(21-25)22-26-24-51-34-29(33(46)43(34)30(26)35(47)48)38-32(45)28(40-50-4-2)31-39-36(37)52-41-31/h17-18,20-21,29,34H,3-16,19,22-24H2,1-2H3,(H3-,37,38,39,41,45,47,48)/p+1/t29?,34-/m0/s1. The van der Waals surface area contributed by atoms with Gasteiger partial charge in [-0.2, -0.15) is 9.36 Å². The van der Waals surface area contributed by atoms with Crippen LogP contribution in [0.25, 0.3) is 0 Å².